The maximum Gasteiger partial charge on any atom is 0.303 e. The second-order valence-electron chi connectivity index (χ2n) is 5.25. The van der Waals surface area contributed by atoms with E-state index in [9.17, 15) is 9.59 Å². The number of hydrogen-bond donors (Lipinski definition) is 2. The van der Waals surface area contributed by atoms with Crippen molar-refractivity contribution in [2.45, 2.75) is 19.8 Å². The van der Waals surface area contributed by atoms with E-state index in [1.807, 2.05) is 25.1 Å². The summed E-state index contributed by atoms with van der Waals surface area (Å²) in [4.78, 5) is 22.9. The van der Waals surface area contributed by atoms with E-state index in [-0.39, 0.29) is 12.3 Å². The number of benzene rings is 2. The molecule has 0 aliphatic carbocycles. The van der Waals surface area contributed by atoms with Gasteiger partial charge in [0.25, 0.3) is 5.91 Å². The van der Waals surface area contributed by atoms with Gasteiger partial charge in [0.2, 0.25) is 0 Å². The molecule has 0 saturated heterocycles. The van der Waals surface area contributed by atoms with Gasteiger partial charge in [-0.1, -0.05) is 23.8 Å². The fourth-order valence-corrected chi connectivity index (χ4v) is 2.20. The second-order valence-corrected chi connectivity index (χ2v) is 5.25. The predicted octanol–water partition coefficient (Wildman–Crippen LogP) is 3.27. The minimum absolute atomic E-state index is 0.0895. The van der Waals surface area contributed by atoms with Crippen LogP contribution >= 0.6 is 0 Å². The summed E-state index contributed by atoms with van der Waals surface area (Å²) in [5, 5.41) is 11.5. The number of aliphatic carboxylic acids is 1. The summed E-state index contributed by atoms with van der Waals surface area (Å²) < 4.78 is 5.22. The molecule has 0 unspecified atom stereocenters. The topological polar surface area (TPSA) is 75.6 Å². The molecule has 0 aliphatic rings. The molecule has 0 radical (unpaired) electrons. The highest BCUT2D eigenvalue weighted by molar-refractivity contribution is 6.06. The molecule has 120 valence electrons. The zero-order valence-corrected chi connectivity index (χ0v) is 13.1. The van der Waals surface area contributed by atoms with Crippen molar-refractivity contribution in [2.24, 2.45) is 0 Å². The number of rotatable bonds is 6. The quantitative estimate of drug-likeness (QED) is 0.858. The van der Waals surface area contributed by atoms with Crippen LogP contribution in [0.2, 0.25) is 0 Å². The van der Waals surface area contributed by atoms with E-state index < -0.39 is 5.97 Å². The van der Waals surface area contributed by atoms with Gasteiger partial charge >= 0.3 is 5.97 Å². The molecule has 2 N–H and O–H groups in total. The maximum absolute atomic E-state index is 12.4. The highest BCUT2D eigenvalue weighted by Gasteiger charge is 2.12. The van der Waals surface area contributed by atoms with Crippen LogP contribution in [0.5, 0.6) is 5.75 Å². The van der Waals surface area contributed by atoms with Gasteiger partial charge in [-0.3, -0.25) is 9.59 Å². The summed E-state index contributed by atoms with van der Waals surface area (Å²) in [6.45, 7) is 1.91. The van der Waals surface area contributed by atoms with Gasteiger partial charge in [-0.2, -0.15) is 0 Å². The Hall–Kier alpha value is -2.82. The third kappa shape index (κ3) is 4.57. The van der Waals surface area contributed by atoms with Gasteiger partial charge in [-0.15, -0.1) is 0 Å². The van der Waals surface area contributed by atoms with Gasteiger partial charge in [0.15, 0.2) is 0 Å². The first-order valence-electron chi connectivity index (χ1n) is 7.26. The number of carbonyl (C=O) groups is 2. The summed E-state index contributed by atoms with van der Waals surface area (Å²) in [7, 11) is 1.53. The zero-order chi connectivity index (χ0) is 16.8. The third-order valence-electron chi connectivity index (χ3n) is 3.44. The molecule has 2 aromatic rings. The van der Waals surface area contributed by atoms with Crippen LogP contribution in [-0.2, 0) is 11.2 Å². The van der Waals surface area contributed by atoms with Crippen molar-refractivity contribution >= 4 is 17.6 Å². The average molecular weight is 313 g/mol. The van der Waals surface area contributed by atoms with Gasteiger partial charge in [0, 0.05) is 12.1 Å². The molecule has 0 fully saturated rings. The number of ether oxygens (including phenoxy) is 1. The fraction of sp³-hybridized carbons (Fsp3) is 0.222. The molecule has 0 aliphatic heterocycles. The number of hydrogen-bond acceptors (Lipinski definition) is 3. The summed E-state index contributed by atoms with van der Waals surface area (Å²) in [5.74, 6) is -0.552. The van der Waals surface area contributed by atoms with Crippen molar-refractivity contribution in [3.8, 4) is 5.75 Å². The Morgan fingerprint density at radius 3 is 2.43 bits per heavy atom. The minimum Gasteiger partial charge on any atom is -0.496 e. The summed E-state index contributed by atoms with van der Waals surface area (Å²) in [5.41, 5.74) is 3.01. The first kappa shape index (κ1) is 16.5. The van der Waals surface area contributed by atoms with E-state index in [2.05, 4.69) is 5.32 Å². The van der Waals surface area contributed by atoms with Crippen LogP contribution in [0, 0.1) is 6.92 Å². The predicted molar refractivity (Wildman–Crippen MR) is 88.1 cm³/mol. The summed E-state index contributed by atoms with van der Waals surface area (Å²) in [6.07, 6.45) is 0.557. The van der Waals surface area contributed by atoms with Crippen molar-refractivity contribution in [2.75, 3.05) is 12.4 Å². The molecular weight excluding hydrogens is 294 g/mol. The highest BCUT2D eigenvalue weighted by atomic mass is 16.5. The van der Waals surface area contributed by atoms with E-state index >= 15 is 0 Å². The molecule has 2 rings (SSSR count). The smallest absolute Gasteiger partial charge is 0.303 e. The van der Waals surface area contributed by atoms with Crippen molar-refractivity contribution in [1.82, 2.24) is 0 Å². The van der Waals surface area contributed by atoms with E-state index in [0.29, 0.717) is 23.4 Å². The molecule has 1 amide bonds. The maximum atomic E-state index is 12.4. The van der Waals surface area contributed by atoms with Gasteiger partial charge < -0.3 is 15.2 Å². The number of anilines is 1. The minimum atomic E-state index is -0.825. The van der Waals surface area contributed by atoms with Crippen LogP contribution in [0.25, 0.3) is 0 Å². The lowest BCUT2D eigenvalue weighted by molar-refractivity contribution is -0.136. The van der Waals surface area contributed by atoms with Gasteiger partial charge in [0.1, 0.15) is 5.75 Å². The Balaban J connectivity index is 2.08. The van der Waals surface area contributed by atoms with E-state index in [1.165, 1.54) is 7.11 Å². The highest BCUT2D eigenvalue weighted by Crippen LogP contribution is 2.21. The number of carbonyl (C=O) groups excluding carboxylic acids is 1. The van der Waals surface area contributed by atoms with Gasteiger partial charge in [0.05, 0.1) is 12.7 Å². The van der Waals surface area contributed by atoms with Crippen LogP contribution in [0.4, 0.5) is 5.69 Å². The molecule has 5 nitrogen and oxygen atoms in total. The monoisotopic (exact) mass is 313 g/mol. The zero-order valence-electron chi connectivity index (χ0n) is 13.1. The normalized spacial score (nSPS) is 10.2. The van der Waals surface area contributed by atoms with Crippen molar-refractivity contribution < 1.29 is 19.4 Å². The number of carboxylic acids is 1. The summed E-state index contributed by atoms with van der Waals surface area (Å²) >= 11 is 0. The van der Waals surface area contributed by atoms with Crippen LogP contribution in [0.3, 0.4) is 0 Å². The summed E-state index contributed by atoms with van der Waals surface area (Å²) in [6, 6.07) is 12.6. The Morgan fingerprint density at radius 1 is 1.13 bits per heavy atom. The van der Waals surface area contributed by atoms with E-state index in [4.69, 9.17) is 9.84 Å². The molecule has 0 atom stereocenters. The number of aryl methyl sites for hydroxylation is 2. The number of carboxylic acid groups (broad SMARTS) is 1. The molecule has 2 aromatic carbocycles. The standard InChI is InChI=1S/C18H19NO4/c1-12-3-9-16(23-2)15(11-12)18(22)19-14-7-4-13(5-8-14)6-10-17(20)21/h3-5,7-9,11H,6,10H2,1-2H3,(H,19,22)(H,20,21). The Bertz CT molecular complexity index is 707. The van der Waals surface area contributed by atoms with Crippen molar-refractivity contribution in [3.63, 3.8) is 0 Å². The second kappa shape index (κ2) is 7.45. The SMILES string of the molecule is COc1ccc(C)cc1C(=O)Nc1ccc(CCC(=O)O)cc1. The van der Waals surface area contributed by atoms with Crippen LogP contribution in [0.1, 0.15) is 27.9 Å². The largest absolute Gasteiger partial charge is 0.496 e. The average Bonchev–Trinajstić information content (AvgIpc) is 2.54. The Kier molecular flexibility index (Phi) is 5.36. The number of amides is 1. The van der Waals surface area contributed by atoms with Gasteiger partial charge in [-0.25, -0.2) is 0 Å². The van der Waals surface area contributed by atoms with Crippen LogP contribution < -0.4 is 10.1 Å². The fourth-order valence-electron chi connectivity index (χ4n) is 2.20. The molecule has 0 saturated carbocycles. The van der Waals surface area contributed by atoms with E-state index in [0.717, 1.165) is 11.1 Å². The molecule has 0 aromatic heterocycles. The third-order valence-corrected chi connectivity index (χ3v) is 3.44. The molecule has 0 spiro atoms. The molecule has 0 heterocycles. The lowest BCUT2D eigenvalue weighted by atomic mass is 10.1. The first-order valence-corrected chi connectivity index (χ1v) is 7.26. The Labute approximate surface area is 134 Å². The van der Waals surface area contributed by atoms with Crippen molar-refractivity contribution in [1.29, 1.82) is 0 Å². The number of methoxy groups -OCH3 is 1. The molecule has 0 bridgehead atoms. The lowest BCUT2D eigenvalue weighted by Crippen LogP contribution is -2.13. The molecule has 23 heavy (non-hydrogen) atoms. The van der Waals surface area contributed by atoms with E-state index in [1.54, 1.807) is 24.3 Å². The Morgan fingerprint density at radius 2 is 1.83 bits per heavy atom. The number of nitrogens with one attached hydrogen (secondary N) is 1. The van der Waals surface area contributed by atoms with Crippen molar-refractivity contribution in [3.05, 3.63) is 59.2 Å². The molecular formula is C18H19NO4. The van der Waals surface area contributed by atoms with Gasteiger partial charge in [-0.05, 0) is 43.2 Å². The first-order chi connectivity index (χ1) is 11.0. The van der Waals surface area contributed by atoms with Crippen LogP contribution in [0.15, 0.2) is 42.5 Å². The lowest BCUT2D eigenvalue weighted by Gasteiger charge is -2.10. The van der Waals surface area contributed by atoms with Crippen LogP contribution in [-0.4, -0.2) is 24.1 Å². The molecule has 5 heteroatoms.